The summed E-state index contributed by atoms with van der Waals surface area (Å²) in [5, 5.41) is 16.2. The number of amides is 1. The molecule has 0 spiro atoms. The third-order valence-electron chi connectivity index (χ3n) is 5.02. The number of ketones is 1. The molecule has 2 aromatic rings. The van der Waals surface area contributed by atoms with Crippen molar-refractivity contribution in [3.63, 3.8) is 0 Å². The molecule has 27 heavy (non-hydrogen) atoms. The molecule has 2 unspecified atom stereocenters. The van der Waals surface area contributed by atoms with Gasteiger partial charge in [0, 0.05) is 28.0 Å². The number of benzene rings is 1. The molecule has 3 rings (SSSR count). The van der Waals surface area contributed by atoms with E-state index in [-0.39, 0.29) is 23.8 Å². The van der Waals surface area contributed by atoms with Gasteiger partial charge >= 0.3 is 6.09 Å². The second-order valence-electron chi connectivity index (χ2n) is 7.32. The number of rotatable bonds is 5. The number of carbonyl (C=O) groups excluding carboxylic acids is 1. The predicted octanol–water partition coefficient (Wildman–Crippen LogP) is 4.83. The van der Waals surface area contributed by atoms with E-state index in [0.29, 0.717) is 5.56 Å². The van der Waals surface area contributed by atoms with Gasteiger partial charge in [-0.1, -0.05) is 42.6 Å². The fourth-order valence-corrected chi connectivity index (χ4v) is 4.00. The Balaban J connectivity index is 2.06. The molecule has 6 nitrogen and oxygen atoms in total. The predicted molar refractivity (Wildman–Crippen MR) is 109 cm³/mol. The van der Waals surface area contributed by atoms with E-state index < -0.39 is 6.09 Å². The summed E-state index contributed by atoms with van der Waals surface area (Å²) in [4.78, 5) is 28.4. The van der Waals surface area contributed by atoms with Crippen LogP contribution >= 0.6 is 15.9 Å². The van der Waals surface area contributed by atoms with Crippen LogP contribution in [-0.2, 0) is 0 Å². The van der Waals surface area contributed by atoms with E-state index >= 15 is 0 Å². The second kappa shape index (κ2) is 8.25. The molecule has 1 aliphatic rings. The van der Waals surface area contributed by atoms with Crippen molar-refractivity contribution in [2.24, 2.45) is 5.92 Å². The lowest BCUT2D eigenvalue weighted by molar-refractivity contribution is 0.0939. The van der Waals surface area contributed by atoms with Gasteiger partial charge in [-0.15, -0.1) is 0 Å². The van der Waals surface area contributed by atoms with Gasteiger partial charge in [0.2, 0.25) is 0 Å². The normalized spacial score (nSPS) is 19.9. The van der Waals surface area contributed by atoms with Crippen molar-refractivity contribution in [1.82, 2.24) is 10.3 Å². The van der Waals surface area contributed by atoms with Crippen LogP contribution < -0.4 is 10.6 Å². The molecule has 7 heteroatoms. The van der Waals surface area contributed by atoms with Gasteiger partial charge in [0.15, 0.2) is 5.78 Å². The largest absolute Gasteiger partial charge is 0.465 e. The van der Waals surface area contributed by atoms with E-state index in [0.717, 1.165) is 46.7 Å². The molecule has 1 aromatic carbocycles. The zero-order valence-corrected chi connectivity index (χ0v) is 17.0. The Labute approximate surface area is 166 Å². The highest BCUT2D eigenvalue weighted by Gasteiger charge is 2.28. The molecule has 3 N–H and O–H groups in total. The zero-order valence-electron chi connectivity index (χ0n) is 15.5. The first-order chi connectivity index (χ1) is 12.9. The molecule has 1 fully saturated rings. The summed E-state index contributed by atoms with van der Waals surface area (Å²) in [6.45, 7) is 3.74. The van der Waals surface area contributed by atoms with E-state index in [2.05, 4.69) is 31.5 Å². The molecule has 0 saturated heterocycles. The first-order valence-corrected chi connectivity index (χ1v) is 10.0. The molecule has 1 heterocycles. The van der Waals surface area contributed by atoms with Gasteiger partial charge in [0.1, 0.15) is 0 Å². The topological polar surface area (TPSA) is 91.3 Å². The van der Waals surface area contributed by atoms with Crippen LogP contribution in [0.5, 0.6) is 0 Å². The highest BCUT2D eigenvalue weighted by molar-refractivity contribution is 9.10. The third kappa shape index (κ3) is 4.40. The number of Topliss-reactive ketones (excluding diaryl/α,β-unsaturated/α-hetero) is 1. The Morgan fingerprint density at radius 1 is 1.22 bits per heavy atom. The first-order valence-electron chi connectivity index (χ1n) is 9.25. The standard InChI is InChI=1S/C20H24BrN3O3/c1-11(2)19(25)14-10-22-15-8-7-12(21)9-13(15)18(14)23-16-5-3-4-6-17(16)24-20(26)27/h7-11,16-17,24H,3-6H2,1-2H3,(H,22,23)(H,26,27). The Morgan fingerprint density at radius 3 is 2.59 bits per heavy atom. The maximum Gasteiger partial charge on any atom is 0.404 e. The average Bonchev–Trinajstić information content (AvgIpc) is 2.62. The molecule has 0 aliphatic heterocycles. The Morgan fingerprint density at radius 2 is 1.93 bits per heavy atom. The van der Waals surface area contributed by atoms with E-state index in [1.54, 1.807) is 6.20 Å². The lowest BCUT2D eigenvalue weighted by atomic mass is 9.89. The maximum absolute atomic E-state index is 12.8. The van der Waals surface area contributed by atoms with Crippen LogP contribution in [0.25, 0.3) is 10.9 Å². The number of anilines is 1. The van der Waals surface area contributed by atoms with Gasteiger partial charge in [-0.3, -0.25) is 9.78 Å². The summed E-state index contributed by atoms with van der Waals surface area (Å²) in [6, 6.07) is 5.51. The molecule has 144 valence electrons. The van der Waals surface area contributed by atoms with E-state index in [1.807, 2.05) is 32.0 Å². The summed E-state index contributed by atoms with van der Waals surface area (Å²) in [5.41, 5.74) is 2.08. The number of nitrogens with zero attached hydrogens (tertiary/aromatic N) is 1. The fraction of sp³-hybridized carbons (Fsp3) is 0.450. The van der Waals surface area contributed by atoms with Crippen LogP contribution in [0.4, 0.5) is 10.5 Å². The minimum absolute atomic E-state index is 0.0189. The highest BCUT2D eigenvalue weighted by Crippen LogP contribution is 2.32. The van der Waals surface area contributed by atoms with E-state index in [4.69, 9.17) is 5.11 Å². The molecule has 1 aromatic heterocycles. The lowest BCUT2D eigenvalue weighted by Crippen LogP contribution is -2.48. The lowest BCUT2D eigenvalue weighted by Gasteiger charge is -2.33. The van der Waals surface area contributed by atoms with Crippen molar-refractivity contribution in [2.75, 3.05) is 5.32 Å². The summed E-state index contributed by atoms with van der Waals surface area (Å²) in [7, 11) is 0. The number of aromatic nitrogens is 1. The van der Waals surface area contributed by atoms with Crippen molar-refractivity contribution in [1.29, 1.82) is 0 Å². The van der Waals surface area contributed by atoms with Gasteiger partial charge in [-0.25, -0.2) is 4.79 Å². The van der Waals surface area contributed by atoms with Gasteiger partial charge in [-0.05, 0) is 31.0 Å². The van der Waals surface area contributed by atoms with E-state index in [9.17, 15) is 9.59 Å². The number of fused-ring (bicyclic) bond motifs is 1. The molecule has 1 saturated carbocycles. The highest BCUT2D eigenvalue weighted by atomic mass is 79.9. The minimum atomic E-state index is -1.02. The average molecular weight is 434 g/mol. The summed E-state index contributed by atoms with van der Waals surface area (Å²) in [5.74, 6) is -0.137. The molecule has 2 atom stereocenters. The number of halogens is 1. The maximum atomic E-state index is 12.8. The number of carbonyl (C=O) groups is 2. The summed E-state index contributed by atoms with van der Waals surface area (Å²) in [6.07, 6.45) is 4.25. The number of pyridine rings is 1. The van der Waals surface area contributed by atoms with Crippen LogP contribution in [0.1, 0.15) is 49.9 Å². The van der Waals surface area contributed by atoms with Crippen molar-refractivity contribution >= 4 is 44.4 Å². The monoisotopic (exact) mass is 433 g/mol. The van der Waals surface area contributed by atoms with Crippen molar-refractivity contribution in [3.05, 3.63) is 34.4 Å². The van der Waals surface area contributed by atoms with Gasteiger partial charge < -0.3 is 15.7 Å². The van der Waals surface area contributed by atoms with Crippen LogP contribution in [0.2, 0.25) is 0 Å². The van der Waals surface area contributed by atoms with Crippen molar-refractivity contribution < 1.29 is 14.7 Å². The Kier molecular flexibility index (Phi) is 5.99. The number of hydrogen-bond acceptors (Lipinski definition) is 4. The summed E-state index contributed by atoms with van der Waals surface area (Å²) < 4.78 is 0.901. The van der Waals surface area contributed by atoms with Crippen LogP contribution in [0.3, 0.4) is 0 Å². The minimum Gasteiger partial charge on any atom is -0.465 e. The van der Waals surface area contributed by atoms with Gasteiger partial charge in [0.05, 0.1) is 22.8 Å². The molecule has 1 amide bonds. The zero-order chi connectivity index (χ0) is 19.6. The van der Waals surface area contributed by atoms with E-state index in [1.165, 1.54) is 0 Å². The first kappa shape index (κ1) is 19.6. The molecule has 0 radical (unpaired) electrons. The van der Waals surface area contributed by atoms with Gasteiger partial charge in [0.25, 0.3) is 0 Å². The molecular formula is C20H24BrN3O3. The van der Waals surface area contributed by atoms with Crippen molar-refractivity contribution in [2.45, 2.75) is 51.6 Å². The quantitative estimate of drug-likeness (QED) is 0.587. The molecule has 0 bridgehead atoms. The third-order valence-corrected chi connectivity index (χ3v) is 5.52. The number of hydrogen-bond donors (Lipinski definition) is 3. The van der Waals surface area contributed by atoms with Crippen LogP contribution in [0, 0.1) is 5.92 Å². The van der Waals surface area contributed by atoms with Crippen molar-refractivity contribution in [3.8, 4) is 0 Å². The Bertz CT molecular complexity index is 869. The van der Waals surface area contributed by atoms with Crippen LogP contribution in [-0.4, -0.2) is 34.1 Å². The SMILES string of the molecule is CC(C)C(=O)c1cnc2ccc(Br)cc2c1NC1CCCCC1NC(=O)O. The summed E-state index contributed by atoms with van der Waals surface area (Å²) >= 11 is 3.50. The smallest absolute Gasteiger partial charge is 0.404 e. The Hall–Kier alpha value is -2.15. The second-order valence-corrected chi connectivity index (χ2v) is 8.23. The van der Waals surface area contributed by atoms with Gasteiger partial charge in [-0.2, -0.15) is 0 Å². The fourth-order valence-electron chi connectivity index (χ4n) is 3.64. The number of carboxylic acid groups (broad SMARTS) is 1. The number of nitrogens with one attached hydrogen (secondary N) is 2. The molecule has 1 aliphatic carbocycles. The molecular weight excluding hydrogens is 410 g/mol. The van der Waals surface area contributed by atoms with Crippen LogP contribution in [0.15, 0.2) is 28.9 Å².